The predicted octanol–water partition coefficient (Wildman–Crippen LogP) is 4.07. The van der Waals surface area contributed by atoms with Gasteiger partial charge in [0.2, 0.25) is 0 Å². The number of benzene rings is 1. The fourth-order valence-electron chi connectivity index (χ4n) is 2.87. The van der Waals surface area contributed by atoms with E-state index in [-0.39, 0.29) is 5.92 Å². The first-order chi connectivity index (χ1) is 12.8. The fraction of sp³-hybridized carbons (Fsp3) is 0.619. The Kier molecular flexibility index (Phi) is 7.80. The third-order valence-electron chi connectivity index (χ3n) is 5.05. The van der Waals surface area contributed by atoms with Crippen LogP contribution in [0.5, 0.6) is 0 Å². The van der Waals surface area contributed by atoms with Crippen LogP contribution in [0.1, 0.15) is 56.2 Å². The van der Waals surface area contributed by atoms with Crippen molar-refractivity contribution in [2.75, 3.05) is 19.8 Å². The quantitative estimate of drug-likeness (QED) is 0.399. The number of nitrogens with zero attached hydrogens (tertiary/aromatic N) is 1. The highest BCUT2D eigenvalue weighted by Crippen LogP contribution is 2.24. The summed E-state index contributed by atoms with van der Waals surface area (Å²) in [7, 11) is 0. The fourth-order valence-corrected chi connectivity index (χ4v) is 2.87. The van der Waals surface area contributed by atoms with Crippen molar-refractivity contribution in [1.29, 1.82) is 0 Å². The summed E-state index contributed by atoms with van der Waals surface area (Å²) in [6.07, 6.45) is 3.96. The standard InChI is InChI=1S/C21H31NO5/c1-15-9-10-19(12-16(15)2)17(3)22-27-11-7-5-6-8-18-13-25-21(4,20(23)24)26-14-18/h9-10,12,18H,5-8,11,13-14H2,1-4H3,(H,23,24)/b22-17-. The molecule has 1 fully saturated rings. The van der Waals surface area contributed by atoms with Gasteiger partial charge < -0.3 is 19.4 Å². The Bertz CT molecular complexity index is 663. The minimum absolute atomic E-state index is 0.253. The second kappa shape index (κ2) is 9.85. The van der Waals surface area contributed by atoms with Gasteiger partial charge in [-0.25, -0.2) is 4.79 Å². The molecule has 0 saturated carbocycles. The van der Waals surface area contributed by atoms with E-state index in [1.807, 2.05) is 6.92 Å². The van der Waals surface area contributed by atoms with E-state index in [0.717, 1.165) is 37.0 Å². The Morgan fingerprint density at radius 3 is 2.56 bits per heavy atom. The molecule has 2 rings (SSSR count). The van der Waals surface area contributed by atoms with Crippen LogP contribution in [0.4, 0.5) is 0 Å². The molecule has 1 aromatic carbocycles. The summed E-state index contributed by atoms with van der Waals surface area (Å²) in [6.45, 7) is 9.05. The van der Waals surface area contributed by atoms with Crippen molar-refractivity contribution in [3.63, 3.8) is 0 Å². The van der Waals surface area contributed by atoms with Gasteiger partial charge in [-0.15, -0.1) is 0 Å². The van der Waals surface area contributed by atoms with Gasteiger partial charge in [0.15, 0.2) is 0 Å². The highest BCUT2D eigenvalue weighted by atomic mass is 16.7. The summed E-state index contributed by atoms with van der Waals surface area (Å²) in [6, 6.07) is 6.29. The van der Waals surface area contributed by atoms with E-state index in [1.54, 1.807) is 0 Å². The average molecular weight is 377 g/mol. The summed E-state index contributed by atoms with van der Waals surface area (Å²) in [4.78, 5) is 16.5. The van der Waals surface area contributed by atoms with Crippen molar-refractivity contribution in [2.24, 2.45) is 11.1 Å². The van der Waals surface area contributed by atoms with Crippen molar-refractivity contribution in [2.45, 2.75) is 59.2 Å². The summed E-state index contributed by atoms with van der Waals surface area (Å²) in [5, 5.41) is 13.2. The molecule has 0 spiro atoms. The van der Waals surface area contributed by atoms with Crippen LogP contribution in [0.2, 0.25) is 0 Å². The lowest BCUT2D eigenvalue weighted by atomic mass is 10.0. The third kappa shape index (κ3) is 6.33. The number of rotatable bonds is 9. The van der Waals surface area contributed by atoms with Crippen LogP contribution in [0.3, 0.4) is 0 Å². The van der Waals surface area contributed by atoms with Gasteiger partial charge in [0.25, 0.3) is 5.79 Å². The number of carbonyl (C=O) groups is 1. The summed E-state index contributed by atoms with van der Waals surface area (Å²) in [5.41, 5.74) is 4.50. The van der Waals surface area contributed by atoms with E-state index in [1.165, 1.54) is 18.1 Å². The average Bonchev–Trinajstić information content (AvgIpc) is 2.64. The topological polar surface area (TPSA) is 77.4 Å². The highest BCUT2D eigenvalue weighted by Gasteiger charge is 2.40. The van der Waals surface area contributed by atoms with Gasteiger partial charge >= 0.3 is 5.97 Å². The van der Waals surface area contributed by atoms with Crippen LogP contribution in [-0.2, 0) is 19.1 Å². The molecule has 1 heterocycles. The number of carboxylic acid groups (broad SMARTS) is 1. The zero-order valence-electron chi connectivity index (χ0n) is 16.8. The van der Waals surface area contributed by atoms with E-state index in [2.05, 4.69) is 37.2 Å². The molecule has 1 aromatic rings. The molecule has 6 heteroatoms. The normalized spacial score (nSPS) is 23.3. The van der Waals surface area contributed by atoms with Gasteiger partial charge in [0.1, 0.15) is 6.61 Å². The number of hydrogen-bond acceptors (Lipinski definition) is 5. The van der Waals surface area contributed by atoms with E-state index in [0.29, 0.717) is 19.8 Å². The molecule has 0 radical (unpaired) electrons. The van der Waals surface area contributed by atoms with Crippen molar-refractivity contribution < 1.29 is 24.2 Å². The zero-order valence-corrected chi connectivity index (χ0v) is 16.8. The molecule has 150 valence electrons. The first-order valence-electron chi connectivity index (χ1n) is 9.57. The maximum atomic E-state index is 11.0. The number of aryl methyl sites for hydroxylation is 2. The van der Waals surface area contributed by atoms with Gasteiger partial charge in [0, 0.05) is 12.8 Å². The third-order valence-corrected chi connectivity index (χ3v) is 5.05. The minimum atomic E-state index is -1.49. The number of ether oxygens (including phenoxy) is 2. The molecule has 0 aliphatic carbocycles. The molecule has 0 aromatic heterocycles. The largest absolute Gasteiger partial charge is 0.477 e. The second-order valence-electron chi connectivity index (χ2n) is 7.40. The van der Waals surface area contributed by atoms with Crippen LogP contribution in [-0.4, -0.2) is 42.4 Å². The molecule has 1 N–H and O–H groups in total. The van der Waals surface area contributed by atoms with Crippen LogP contribution < -0.4 is 0 Å². The molecule has 1 aliphatic rings. The van der Waals surface area contributed by atoms with Gasteiger partial charge in [-0.2, -0.15) is 0 Å². The maximum Gasteiger partial charge on any atom is 0.364 e. The lowest BCUT2D eigenvalue weighted by molar-refractivity contribution is -0.271. The minimum Gasteiger partial charge on any atom is -0.477 e. The number of hydrogen-bond donors (Lipinski definition) is 1. The zero-order chi connectivity index (χ0) is 19.9. The summed E-state index contributed by atoms with van der Waals surface area (Å²) >= 11 is 0. The molecule has 27 heavy (non-hydrogen) atoms. The number of oxime groups is 1. The first kappa shape index (κ1) is 21.4. The molecule has 0 amide bonds. The van der Waals surface area contributed by atoms with Crippen molar-refractivity contribution in [3.8, 4) is 0 Å². The molecule has 1 aliphatic heterocycles. The van der Waals surface area contributed by atoms with E-state index in [9.17, 15) is 4.79 Å². The number of carboxylic acids is 1. The molecule has 6 nitrogen and oxygen atoms in total. The Balaban J connectivity index is 1.58. The van der Waals surface area contributed by atoms with Crippen LogP contribution in [0, 0.1) is 19.8 Å². The van der Waals surface area contributed by atoms with Gasteiger partial charge in [-0.1, -0.05) is 23.7 Å². The Morgan fingerprint density at radius 2 is 1.93 bits per heavy atom. The second-order valence-corrected chi connectivity index (χ2v) is 7.40. The molecular weight excluding hydrogens is 346 g/mol. The van der Waals surface area contributed by atoms with E-state index >= 15 is 0 Å². The van der Waals surface area contributed by atoms with Crippen molar-refractivity contribution in [1.82, 2.24) is 0 Å². The van der Waals surface area contributed by atoms with Gasteiger partial charge in [-0.3, -0.25) is 0 Å². The molecular formula is C21H31NO5. The number of unbranched alkanes of at least 4 members (excludes halogenated alkanes) is 2. The Morgan fingerprint density at radius 1 is 1.22 bits per heavy atom. The number of aliphatic carboxylic acids is 1. The lowest BCUT2D eigenvalue weighted by Gasteiger charge is -2.34. The molecule has 0 unspecified atom stereocenters. The van der Waals surface area contributed by atoms with E-state index in [4.69, 9.17) is 19.4 Å². The monoisotopic (exact) mass is 377 g/mol. The van der Waals surface area contributed by atoms with E-state index < -0.39 is 11.8 Å². The predicted molar refractivity (Wildman–Crippen MR) is 104 cm³/mol. The molecule has 1 saturated heterocycles. The summed E-state index contributed by atoms with van der Waals surface area (Å²) in [5.74, 6) is -2.31. The Hall–Kier alpha value is -1.92. The van der Waals surface area contributed by atoms with Gasteiger partial charge in [-0.05, 0) is 62.8 Å². The first-order valence-corrected chi connectivity index (χ1v) is 9.57. The molecule has 0 bridgehead atoms. The van der Waals surface area contributed by atoms with Crippen LogP contribution in [0.15, 0.2) is 23.4 Å². The Labute approximate surface area is 161 Å². The van der Waals surface area contributed by atoms with Crippen LogP contribution in [0.25, 0.3) is 0 Å². The smallest absolute Gasteiger partial charge is 0.364 e. The molecule has 0 atom stereocenters. The SMILES string of the molecule is C/C(=N/OCCCCCC1COC(C)(C(=O)O)OC1)c1ccc(C)c(C)c1. The highest BCUT2D eigenvalue weighted by molar-refractivity contribution is 5.98. The van der Waals surface area contributed by atoms with Crippen molar-refractivity contribution in [3.05, 3.63) is 34.9 Å². The summed E-state index contributed by atoms with van der Waals surface area (Å²) < 4.78 is 10.7. The lowest BCUT2D eigenvalue weighted by Crippen LogP contribution is -2.47. The van der Waals surface area contributed by atoms with Crippen molar-refractivity contribution >= 4 is 11.7 Å². The maximum absolute atomic E-state index is 11.0. The van der Waals surface area contributed by atoms with Gasteiger partial charge in [0.05, 0.1) is 18.9 Å². The van der Waals surface area contributed by atoms with Crippen LogP contribution >= 0.6 is 0 Å².